The molecule has 11 heteroatoms. The number of H-pyrrole nitrogens is 1. The van der Waals surface area contributed by atoms with E-state index in [4.69, 9.17) is 15.2 Å². The van der Waals surface area contributed by atoms with Gasteiger partial charge in [0.1, 0.15) is 11.5 Å². The van der Waals surface area contributed by atoms with Crippen LogP contribution in [0.4, 0.5) is 11.6 Å². The van der Waals surface area contributed by atoms with Gasteiger partial charge >= 0.3 is 0 Å². The van der Waals surface area contributed by atoms with E-state index in [1.54, 1.807) is 43.8 Å². The molecule has 4 aromatic rings. The molecule has 0 saturated carbocycles. The molecule has 0 aliphatic carbocycles. The second kappa shape index (κ2) is 9.71. The average Bonchev–Trinajstić information content (AvgIpc) is 3.20. The van der Waals surface area contributed by atoms with E-state index < -0.39 is 0 Å². The van der Waals surface area contributed by atoms with Gasteiger partial charge in [0.2, 0.25) is 11.9 Å². The van der Waals surface area contributed by atoms with Crippen LogP contribution in [0.15, 0.2) is 62.7 Å². The van der Waals surface area contributed by atoms with Crippen LogP contribution >= 0.6 is 23.1 Å². The van der Waals surface area contributed by atoms with Crippen LogP contribution in [0.5, 0.6) is 11.5 Å². The predicted molar refractivity (Wildman–Crippen MR) is 128 cm³/mol. The molecule has 32 heavy (non-hydrogen) atoms. The molecule has 164 valence electrons. The summed E-state index contributed by atoms with van der Waals surface area (Å²) in [5.41, 5.74) is 7.85. The van der Waals surface area contributed by atoms with Crippen molar-refractivity contribution in [1.82, 2.24) is 15.0 Å². The Kier molecular flexibility index (Phi) is 6.57. The Morgan fingerprint density at radius 3 is 2.62 bits per heavy atom. The minimum atomic E-state index is -0.311. The zero-order valence-electron chi connectivity index (χ0n) is 17.3. The fraction of sp³-hybridized carbons (Fsp3) is 0.143. The van der Waals surface area contributed by atoms with Crippen molar-refractivity contribution < 1.29 is 9.47 Å². The molecule has 0 unspecified atom stereocenters. The highest BCUT2D eigenvalue weighted by atomic mass is 32.2. The number of nitrogens with zero attached hydrogens (tertiary/aromatic N) is 3. The van der Waals surface area contributed by atoms with Gasteiger partial charge in [-0.05, 0) is 12.1 Å². The normalized spacial score (nSPS) is 11.5. The van der Waals surface area contributed by atoms with Crippen molar-refractivity contribution in [3.63, 3.8) is 0 Å². The molecule has 0 bridgehead atoms. The third kappa shape index (κ3) is 5.37. The number of ether oxygens (including phenoxy) is 2. The maximum Gasteiger partial charge on any atom is 0.252 e. The Morgan fingerprint density at radius 1 is 1.16 bits per heavy atom. The highest BCUT2D eigenvalue weighted by Crippen LogP contribution is 2.31. The number of aromatic amines is 1. The predicted octanol–water partition coefficient (Wildman–Crippen LogP) is 3.75. The van der Waals surface area contributed by atoms with Crippen molar-refractivity contribution in [2.45, 2.75) is 10.1 Å². The van der Waals surface area contributed by atoms with E-state index in [0.717, 1.165) is 14.6 Å². The van der Waals surface area contributed by atoms with Crippen LogP contribution in [0.3, 0.4) is 0 Å². The smallest absolute Gasteiger partial charge is 0.252 e. The number of para-hydroxylation sites is 1. The number of nitrogens with two attached hydrogens (primary N) is 1. The fourth-order valence-corrected chi connectivity index (χ4v) is 4.80. The fourth-order valence-electron chi connectivity index (χ4n) is 2.84. The van der Waals surface area contributed by atoms with Crippen LogP contribution < -0.4 is 26.1 Å². The van der Waals surface area contributed by atoms with Crippen molar-refractivity contribution in [3.05, 3.63) is 64.6 Å². The van der Waals surface area contributed by atoms with Crippen molar-refractivity contribution in [1.29, 1.82) is 0 Å². The van der Waals surface area contributed by atoms with Gasteiger partial charge in [0.05, 0.1) is 30.1 Å². The number of benzene rings is 2. The maximum atomic E-state index is 12.1. The third-order valence-electron chi connectivity index (χ3n) is 4.25. The van der Waals surface area contributed by atoms with E-state index >= 15 is 0 Å². The Balaban J connectivity index is 1.49. The first-order valence-electron chi connectivity index (χ1n) is 9.45. The summed E-state index contributed by atoms with van der Waals surface area (Å²) in [6.45, 7) is 0. The van der Waals surface area contributed by atoms with E-state index in [1.165, 1.54) is 17.8 Å². The van der Waals surface area contributed by atoms with Gasteiger partial charge in [-0.3, -0.25) is 9.78 Å². The van der Waals surface area contributed by atoms with Gasteiger partial charge in [-0.2, -0.15) is 4.99 Å². The van der Waals surface area contributed by atoms with Crippen molar-refractivity contribution in [2.75, 3.05) is 19.5 Å². The lowest BCUT2D eigenvalue weighted by molar-refractivity contribution is 0.395. The molecule has 0 aliphatic rings. The quantitative estimate of drug-likeness (QED) is 0.213. The first-order chi connectivity index (χ1) is 15.5. The Bertz CT molecular complexity index is 1280. The minimum Gasteiger partial charge on any atom is -0.497 e. The van der Waals surface area contributed by atoms with Crippen molar-refractivity contribution in [3.8, 4) is 11.5 Å². The first-order valence-corrected chi connectivity index (χ1v) is 11.3. The molecule has 2 aromatic heterocycles. The van der Waals surface area contributed by atoms with E-state index in [-0.39, 0.29) is 17.5 Å². The number of thiazole rings is 1. The van der Waals surface area contributed by atoms with Gasteiger partial charge in [-0.25, -0.2) is 9.97 Å². The Morgan fingerprint density at radius 2 is 1.91 bits per heavy atom. The highest BCUT2D eigenvalue weighted by molar-refractivity contribution is 8.00. The number of nitrogens with one attached hydrogen (secondary N) is 2. The number of guanidine groups is 1. The molecule has 0 atom stereocenters. The molecular formula is C21H20N6O3S2. The number of rotatable bonds is 7. The second-order valence-corrected chi connectivity index (χ2v) is 8.77. The molecular weight excluding hydrogens is 448 g/mol. The number of fused-ring (bicyclic) bond motifs is 1. The molecule has 4 N–H and O–H groups in total. The molecule has 9 nitrogen and oxygen atoms in total. The second-order valence-electron chi connectivity index (χ2n) is 6.52. The third-order valence-corrected chi connectivity index (χ3v) is 6.46. The first kappa shape index (κ1) is 21.7. The van der Waals surface area contributed by atoms with Gasteiger partial charge < -0.3 is 20.5 Å². The van der Waals surface area contributed by atoms with Gasteiger partial charge in [0.15, 0.2) is 4.34 Å². The van der Waals surface area contributed by atoms with Crippen molar-refractivity contribution in [2.24, 2.45) is 10.7 Å². The highest BCUT2D eigenvalue weighted by Gasteiger charge is 2.08. The molecule has 0 spiro atoms. The number of thioether (sulfide) groups is 1. The summed E-state index contributed by atoms with van der Waals surface area (Å²) < 4.78 is 12.5. The summed E-state index contributed by atoms with van der Waals surface area (Å²) in [6, 6.07) is 14.6. The number of methoxy groups -OCH3 is 2. The van der Waals surface area contributed by atoms with Gasteiger partial charge in [-0.15, -0.1) is 11.3 Å². The molecule has 2 heterocycles. The summed E-state index contributed by atoms with van der Waals surface area (Å²) in [6.07, 6.45) is 0. The largest absolute Gasteiger partial charge is 0.497 e. The Labute approximate surface area is 191 Å². The van der Waals surface area contributed by atoms with Crippen LogP contribution in [0.2, 0.25) is 0 Å². The van der Waals surface area contributed by atoms with E-state index in [2.05, 4.69) is 25.3 Å². The van der Waals surface area contributed by atoms with Crippen LogP contribution in [0, 0.1) is 0 Å². The summed E-state index contributed by atoms with van der Waals surface area (Å²) >= 11 is 3.12. The molecule has 4 rings (SSSR count). The summed E-state index contributed by atoms with van der Waals surface area (Å²) in [5, 5.41) is 2.94. The lowest BCUT2D eigenvalue weighted by Gasteiger charge is -2.10. The van der Waals surface area contributed by atoms with E-state index in [1.807, 2.05) is 24.3 Å². The van der Waals surface area contributed by atoms with E-state index in [9.17, 15) is 4.79 Å². The number of aromatic nitrogens is 3. The number of hydrogen-bond donors (Lipinski definition) is 3. The van der Waals surface area contributed by atoms with Gasteiger partial charge in [-0.1, -0.05) is 23.9 Å². The zero-order chi connectivity index (χ0) is 22.5. The van der Waals surface area contributed by atoms with Crippen LogP contribution in [-0.4, -0.2) is 35.1 Å². The van der Waals surface area contributed by atoms with Crippen molar-refractivity contribution >= 4 is 50.9 Å². The number of aliphatic imine (C=N–C) groups is 1. The maximum absolute atomic E-state index is 12.1. The molecule has 0 amide bonds. The van der Waals surface area contributed by atoms with Crippen LogP contribution in [0.25, 0.3) is 10.2 Å². The standard InChI is InChI=1S/C21H20N6O3S2/c1-29-14-7-12(8-15(10-14)30-2)23-19(22)27-20-24-13(9-18(28)26-20)11-31-21-25-16-5-3-4-6-17(16)32-21/h3-10H,11H2,1-2H3,(H4,22,23,24,26,27,28). The van der Waals surface area contributed by atoms with E-state index in [0.29, 0.717) is 28.6 Å². The number of hydrogen-bond acceptors (Lipinski definition) is 8. The summed E-state index contributed by atoms with van der Waals surface area (Å²) in [7, 11) is 3.12. The van der Waals surface area contributed by atoms with Crippen LogP contribution in [0.1, 0.15) is 5.69 Å². The lowest BCUT2D eigenvalue weighted by Crippen LogP contribution is -2.22. The topological polar surface area (TPSA) is 128 Å². The van der Waals surface area contributed by atoms with Gasteiger partial charge in [0, 0.05) is 35.7 Å². The van der Waals surface area contributed by atoms with Gasteiger partial charge in [0.25, 0.3) is 5.56 Å². The number of anilines is 1. The molecule has 0 saturated heterocycles. The molecule has 0 radical (unpaired) electrons. The zero-order valence-corrected chi connectivity index (χ0v) is 18.9. The summed E-state index contributed by atoms with van der Waals surface area (Å²) in [4.78, 5) is 27.8. The molecule has 0 fully saturated rings. The average molecular weight is 469 g/mol. The molecule has 0 aliphatic heterocycles. The monoisotopic (exact) mass is 468 g/mol. The Hall–Kier alpha value is -3.57. The minimum absolute atomic E-state index is 0.0550. The summed E-state index contributed by atoms with van der Waals surface area (Å²) in [5.74, 6) is 1.84. The molecule has 2 aromatic carbocycles. The lowest BCUT2D eigenvalue weighted by atomic mass is 10.3. The SMILES string of the molecule is COc1cc(N/C(N)=N/c2nc(CSc3nc4ccccc4s3)cc(=O)[nH]2)cc(OC)c1. The van der Waals surface area contributed by atoms with Crippen LogP contribution in [-0.2, 0) is 5.75 Å².